The highest BCUT2D eigenvalue weighted by molar-refractivity contribution is 9.10. The van der Waals surface area contributed by atoms with Gasteiger partial charge in [0, 0.05) is 18.0 Å². The first-order valence-electron chi connectivity index (χ1n) is 6.79. The summed E-state index contributed by atoms with van der Waals surface area (Å²) in [6.07, 6.45) is 4.71. The molecule has 0 atom stereocenters. The summed E-state index contributed by atoms with van der Waals surface area (Å²) in [4.78, 5) is 0. The molecule has 0 aliphatic heterocycles. The van der Waals surface area contributed by atoms with Gasteiger partial charge in [-0.3, -0.25) is 0 Å². The van der Waals surface area contributed by atoms with Crippen molar-refractivity contribution in [2.45, 2.75) is 44.7 Å². The third kappa shape index (κ3) is 3.93. The first-order chi connectivity index (χ1) is 9.04. The Kier molecular flexibility index (Phi) is 5.27. The average molecular weight is 349 g/mol. The minimum absolute atomic E-state index is 0.0505. The van der Waals surface area contributed by atoms with Crippen molar-refractivity contribution in [3.63, 3.8) is 0 Å². The van der Waals surface area contributed by atoms with Gasteiger partial charge in [0.2, 0.25) is 0 Å². The molecule has 0 heterocycles. The number of hydrogen-bond acceptors (Lipinski definition) is 1. The Morgan fingerprint density at radius 3 is 2.68 bits per heavy atom. The van der Waals surface area contributed by atoms with Crippen molar-refractivity contribution in [3.05, 3.63) is 34.1 Å². The van der Waals surface area contributed by atoms with Crippen LogP contribution in [0.4, 0.5) is 4.39 Å². The summed E-state index contributed by atoms with van der Waals surface area (Å²) in [5.41, 5.74) is 1.13. The van der Waals surface area contributed by atoms with Crippen LogP contribution in [-0.4, -0.2) is 11.4 Å². The van der Waals surface area contributed by atoms with E-state index in [0.717, 1.165) is 30.9 Å². The predicted octanol–water partition coefficient (Wildman–Crippen LogP) is 4.87. The Morgan fingerprint density at radius 1 is 1.42 bits per heavy atom. The second kappa shape index (κ2) is 6.55. The molecule has 106 valence electrons. The minimum Gasteiger partial charge on any atom is -0.306 e. The summed E-state index contributed by atoms with van der Waals surface area (Å²) in [7, 11) is 0. The van der Waals surface area contributed by atoms with E-state index in [-0.39, 0.29) is 11.4 Å². The van der Waals surface area contributed by atoms with Gasteiger partial charge in [0.15, 0.2) is 0 Å². The number of nitrogens with one attached hydrogen (secondary N) is 1. The van der Waals surface area contributed by atoms with Crippen LogP contribution in [0.5, 0.6) is 0 Å². The monoisotopic (exact) mass is 347 g/mol. The summed E-state index contributed by atoms with van der Waals surface area (Å²) >= 11 is 9.40. The molecule has 1 aliphatic rings. The zero-order valence-corrected chi connectivity index (χ0v) is 13.5. The van der Waals surface area contributed by atoms with Crippen LogP contribution in [0.2, 0.25) is 0 Å². The number of rotatable bonds is 4. The molecule has 0 aromatic heterocycles. The maximum Gasteiger partial charge on any atom is 0.137 e. The molecule has 0 saturated heterocycles. The lowest BCUT2D eigenvalue weighted by molar-refractivity contribution is 0.216. The number of alkyl halides is 1. The summed E-state index contributed by atoms with van der Waals surface area (Å²) in [5.74, 6) is 1.22. The number of benzene rings is 1. The third-order valence-corrected chi connectivity index (χ3v) is 5.26. The van der Waals surface area contributed by atoms with Crippen molar-refractivity contribution in [1.82, 2.24) is 5.32 Å². The number of hydrogen-bond donors (Lipinski definition) is 1. The van der Waals surface area contributed by atoms with E-state index in [1.165, 1.54) is 18.9 Å². The maximum atomic E-state index is 13.2. The smallest absolute Gasteiger partial charge is 0.137 e. The summed E-state index contributed by atoms with van der Waals surface area (Å²) < 4.78 is 13.7. The molecule has 1 saturated carbocycles. The van der Waals surface area contributed by atoms with E-state index in [9.17, 15) is 4.39 Å². The van der Waals surface area contributed by atoms with Crippen molar-refractivity contribution in [1.29, 1.82) is 0 Å². The standard InChI is InChI=1S/C15H20BrClFN/c1-11-4-6-15(10-17,7-5-11)19-9-12-2-3-14(18)13(16)8-12/h2-3,8,11,19H,4-7,9-10H2,1H3. The minimum atomic E-state index is -0.220. The summed E-state index contributed by atoms with van der Waals surface area (Å²) in [6, 6.07) is 5.15. The molecule has 0 spiro atoms. The van der Waals surface area contributed by atoms with E-state index < -0.39 is 0 Å². The second-order valence-corrected chi connectivity index (χ2v) is 6.82. The Labute approximate surface area is 128 Å². The summed E-state index contributed by atoms with van der Waals surface area (Å²) in [6.45, 7) is 3.04. The fourth-order valence-electron chi connectivity index (χ4n) is 2.61. The molecule has 1 N–H and O–H groups in total. The van der Waals surface area contributed by atoms with Crippen LogP contribution in [0.25, 0.3) is 0 Å². The molecule has 1 aliphatic carbocycles. The molecule has 1 nitrogen and oxygen atoms in total. The van der Waals surface area contributed by atoms with Gasteiger partial charge in [0.1, 0.15) is 5.82 Å². The van der Waals surface area contributed by atoms with Crippen molar-refractivity contribution in [2.24, 2.45) is 5.92 Å². The molecule has 1 fully saturated rings. The van der Waals surface area contributed by atoms with Crippen molar-refractivity contribution >= 4 is 27.5 Å². The van der Waals surface area contributed by atoms with Crippen molar-refractivity contribution < 1.29 is 4.39 Å². The topological polar surface area (TPSA) is 12.0 Å². The maximum absolute atomic E-state index is 13.2. The van der Waals surface area contributed by atoms with E-state index >= 15 is 0 Å². The molecule has 0 amide bonds. The lowest BCUT2D eigenvalue weighted by Gasteiger charge is -2.39. The van der Waals surface area contributed by atoms with Crippen LogP contribution in [0.15, 0.2) is 22.7 Å². The van der Waals surface area contributed by atoms with Gasteiger partial charge in [0.05, 0.1) is 4.47 Å². The number of halogens is 3. The molecule has 2 rings (SSSR count). The molecule has 4 heteroatoms. The predicted molar refractivity (Wildman–Crippen MR) is 82.0 cm³/mol. The molecular weight excluding hydrogens is 329 g/mol. The van der Waals surface area contributed by atoms with Gasteiger partial charge in [-0.05, 0) is 65.2 Å². The van der Waals surface area contributed by atoms with E-state index in [1.807, 2.05) is 12.1 Å². The van der Waals surface area contributed by atoms with E-state index in [4.69, 9.17) is 11.6 Å². The van der Waals surface area contributed by atoms with E-state index in [1.54, 1.807) is 0 Å². The largest absolute Gasteiger partial charge is 0.306 e. The average Bonchev–Trinajstić information content (AvgIpc) is 2.42. The molecule has 1 aromatic carbocycles. The Morgan fingerprint density at radius 2 is 2.11 bits per heavy atom. The van der Waals surface area contributed by atoms with E-state index in [0.29, 0.717) is 10.4 Å². The van der Waals surface area contributed by atoms with Crippen LogP contribution in [0.3, 0.4) is 0 Å². The molecule has 0 bridgehead atoms. The lowest BCUT2D eigenvalue weighted by atomic mass is 9.78. The SMILES string of the molecule is CC1CCC(CCl)(NCc2ccc(F)c(Br)c2)CC1. The molecular formula is C15H20BrClFN. The first-order valence-corrected chi connectivity index (χ1v) is 8.12. The molecule has 19 heavy (non-hydrogen) atoms. The quantitative estimate of drug-likeness (QED) is 0.766. The van der Waals surface area contributed by atoms with Crippen molar-refractivity contribution in [2.75, 3.05) is 5.88 Å². The highest BCUT2D eigenvalue weighted by Gasteiger charge is 2.32. The zero-order chi connectivity index (χ0) is 13.9. The highest BCUT2D eigenvalue weighted by atomic mass is 79.9. The fraction of sp³-hybridized carbons (Fsp3) is 0.600. The summed E-state index contributed by atoms with van der Waals surface area (Å²) in [5, 5.41) is 3.59. The van der Waals surface area contributed by atoms with Gasteiger partial charge in [-0.2, -0.15) is 0 Å². The van der Waals surface area contributed by atoms with Crippen LogP contribution < -0.4 is 5.32 Å². The van der Waals surface area contributed by atoms with Crippen molar-refractivity contribution in [3.8, 4) is 0 Å². The van der Waals surface area contributed by atoms with Crippen LogP contribution in [0, 0.1) is 11.7 Å². The third-order valence-electron chi connectivity index (χ3n) is 4.14. The second-order valence-electron chi connectivity index (χ2n) is 5.70. The Hall–Kier alpha value is -0.120. The Bertz CT molecular complexity index is 430. The van der Waals surface area contributed by atoms with Gasteiger partial charge < -0.3 is 5.32 Å². The lowest BCUT2D eigenvalue weighted by Crippen LogP contribution is -2.49. The zero-order valence-electron chi connectivity index (χ0n) is 11.2. The van der Waals surface area contributed by atoms with Crippen LogP contribution >= 0.6 is 27.5 Å². The van der Waals surface area contributed by atoms with Gasteiger partial charge in [-0.15, -0.1) is 11.6 Å². The molecule has 1 aromatic rings. The normalized spacial score (nSPS) is 27.5. The van der Waals surface area contributed by atoms with Gasteiger partial charge >= 0.3 is 0 Å². The fourth-order valence-corrected chi connectivity index (χ4v) is 3.40. The Balaban J connectivity index is 1.97. The molecule has 0 unspecified atom stereocenters. The van der Waals surface area contributed by atoms with Gasteiger partial charge in [-0.25, -0.2) is 4.39 Å². The first kappa shape index (κ1) is 15.3. The van der Waals surface area contributed by atoms with Gasteiger partial charge in [0.25, 0.3) is 0 Å². The van der Waals surface area contributed by atoms with Crippen LogP contribution in [0.1, 0.15) is 38.2 Å². The van der Waals surface area contributed by atoms with Crippen LogP contribution in [-0.2, 0) is 6.54 Å². The van der Waals surface area contributed by atoms with E-state index in [2.05, 4.69) is 28.2 Å². The highest BCUT2D eigenvalue weighted by Crippen LogP contribution is 2.33. The van der Waals surface area contributed by atoms with Gasteiger partial charge in [-0.1, -0.05) is 13.0 Å². The molecule has 0 radical (unpaired) electrons.